The largest absolute Gasteiger partial charge is 0.465 e. The zero-order valence-corrected chi connectivity index (χ0v) is 12.0. The molecule has 0 fully saturated rings. The Hall–Kier alpha value is -0.800. The molecule has 1 heterocycles. The number of nitrogens with one attached hydrogen (secondary N) is 1. The molecule has 0 aromatic carbocycles. The molecule has 1 unspecified atom stereocenters. The van der Waals surface area contributed by atoms with E-state index in [1.54, 1.807) is 0 Å². The Kier molecular flexibility index (Phi) is 5.22. The van der Waals surface area contributed by atoms with Crippen LogP contribution >= 0.6 is 0 Å². The maximum absolute atomic E-state index is 5.71. The van der Waals surface area contributed by atoms with Gasteiger partial charge >= 0.3 is 0 Å². The maximum Gasteiger partial charge on any atom is 0.118 e. The highest BCUT2D eigenvalue weighted by molar-refractivity contribution is 5.20. The fourth-order valence-electron chi connectivity index (χ4n) is 1.93. The van der Waals surface area contributed by atoms with E-state index in [1.165, 1.54) is 5.56 Å². The number of hydrogen-bond donors (Lipinski definition) is 1. The van der Waals surface area contributed by atoms with E-state index in [9.17, 15) is 0 Å². The summed E-state index contributed by atoms with van der Waals surface area (Å²) in [6.45, 7) is 10.6. The molecule has 0 bridgehead atoms. The lowest BCUT2D eigenvalue weighted by molar-refractivity contribution is 0.199. The fraction of sp³-hybridized carbons (Fsp3) is 0.714. The minimum Gasteiger partial charge on any atom is -0.465 e. The predicted molar refractivity (Wildman–Crippen MR) is 72.0 cm³/mol. The summed E-state index contributed by atoms with van der Waals surface area (Å²) in [7, 11) is 4.11. The number of hydrogen-bond acceptors (Lipinski definition) is 3. The van der Waals surface area contributed by atoms with Gasteiger partial charge in [0.2, 0.25) is 0 Å². The molecule has 1 aromatic heterocycles. The van der Waals surface area contributed by atoms with Crippen molar-refractivity contribution in [3.8, 4) is 0 Å². The lowest BCUT2D eigenvalue weighted by Gasteiger charge is -2.27. The molecule has 0 radical (unpaired) electrons. The predicted octanol–water partition coefficient (Wildman–Crippen LogP) is 2.78. The van der Waals surface area contributed by atoms with Gasteiger partial charge in [-0.2, -0.15) is 0 Å². The fourth-order valence-corrected chi connectivity index (χ4v) is 1.93. The third kappa shape index (κ3) is 3.86. The molecule has 0 aliphatic rings. The summed E-state index contributed by atoms with van der Waals surface area (Å²) in [5.41, 5.74) is 1.30. The van der Waals surface area contributed by atoms with E-state index in [1.807, 2.05) is 14.0 Å². The summed E-state index contributed by atoms with van der Waals surface area (Å²) in [4.78, 5) is 2.38. The molecule has 0 spiro atoms. The van der Waals surface area contributed by atoms with Crippen LogP contribution in [-0.2, 0) is 13.1 Å². The van der Waals surface area contributed by atoms with Crippen molar-refractivity contribution < 1.29 is 4.42 Å². The van der Waals surface area contributed by atoms with E-state index in [-0.39, 0.29) is 0 Å². The molecule has 3 nitrogen and oxygen atoms in total. The Bertz CT molecular complexity index is 344. The topological polar surface area (TPSA) is 28.4 Å². The molecule has 98 valence electrons. The van der Waals surface area contributed by atoms with Crippen molar-refractivity contribution in [2.75, 3.05) is 14.1 Å². The summed E-state index contributed by atoms with van der Waals surface area (Å²) in [5.74, 6) is 2.73. The molecule has 1 atom stereocenters. The van der Waals surface area contributed by atoms with Crippen LogP contribution in [0.2, 0.25) is 0 Å². The van der Waals surface area contributed by atoms with E-state index < -0.39 is 0 Å². The first-order valence-electron chi connectivity index (χ1n) is 6.38. The van der Waals surface area contributed by atoms with Gasteiger partial charge < -0.3 is 9.73 Å². The number of furan rings is 1. The quantitative estimate of drug-likeness (QED) is 0.826. The molecule has 0 aliphatic carbocycles. The third-order valence-electron chi connectivity index (χ3n) is 3.50. The van der Waals surface area contributed by atoms with Gasteiger partial charge in [-0.25, -0.2) is 0 Å². The van der Waals surface area contributed by atoms with Gasteiger partial charge in [0.1, 0.15) is 11.5 Å². The Morgan fingerprint density at radius 3 is 2.53 bits per heavy atom. The van der Waals surface area contributed by atoms with Gasteiger partial charge in [-0.1, -0.05) is 13.8 Å². The van der Waals surface area contributed by atoms with Crippen molar-refractivity contribution in [2.24, 2.45) is 5.92 Å². The highest BCUT2D eigenvalue weighted by Crippen LogP contribution is 2.18. The zero-order chi connectivity index (χ0) is 13.0. The first kappa shape index (κ1) is 14.3. The molecule has 17 heavy (non-hydrogen) atoms. The summed E-state index contributed by atoms with van der Waals surface area (Å²) >= 11 is 0. The normalized spacial score (nSPS) is 13.6. The monoisotopic (exact) mass is 238 g/mol. The van der Waals surface area contributed by atoms with E-state index >= 15 is 0 Å². The van der Waals surface area contributed by atoms with Crippen LogP contribution in [0.1, 0.15) is 37.9 Å². The van der Waals surface area contributed by atoms with Crippen LogP contribution in [0.25, 0.3) is 0 Å². The third-order valence-corrected chi connectivity index (χ3v) is 3.50. The molecule has 3 heteroatoms. The molecular weight excluding hydrogens is 212 g/mol. The van der Waals surface area contributed by atoms with Gasteiger partial charge in [0, 0.05) is 18.2 Å². The number of rotatable bonds is 6. The molecule has 1 N–H and O–H groups in total. The second-order valence-electron chi connectivity index (χ2n) is 5.22. The van der Waals surface area contributed by atoms with Crippen LogP contribution < -0.4 is 5.32 Å². The first-order chi connectivity index (χ1) is 7.95. The average molecular weight is 238 g/mol. The Labute approximate surface area is 105 Å². The van der Waals surface area contributed by atoms with E-state index in [0.717, 1.165) is 24.6 Å². The van der Waals surface area contributed by atoms with Crippen molar-refractivity contribution in [1.82, 2.24) is 10.2 Å². The van der Waals surface area contributed by atoms with Crippen LogP contribution in [-0.4, -0.2) is 25.0 Å². The van der Waals surface area contributed by atoms with E-state index in [0.29, 0.717) is 12.0 Å². The maximum atomic E-state index is 5.71. The van der Waals surface area contributed by atoms with Gasteiger partial charge in [0.05, 0.1) is 6.54 Å². The minimum atomic E-state index is 0.581. The van der Waals surface area contributed by atoms with Crippen molar-refractivity contribution in [2.45, 2.75) is 46.8 Å². The van der Waals surface area contributed by atoms with Gasteiger partial charge in [-0.05, 0) is 39.9 Å². The molecule has 0 saturated heterocycles. The summed E-state index contributed by atoms with van der Waals surface area (Å²) in [5, 5.41) is 3.11. The highest BCUT2D eigenvalue weighted by Gasteiger charge is 2.16. The molecule has 1 rings (SSSR count). The van der Waals surface area contributed by atoms with Crippen LogP contribution in [0.3, 0.4) is 0 Å². The van der Waals surface area contributed by atoms with Gasteiger partial charge in [-0.3, -0.25) is 4.90 Å². The lowest BCUT2D eigenvalue weighted by atomic mass is 10.0. The van der Waals surface area contributed by atoms with Crippen molar-refractivity contribution >= 4 is 0 Å². The highest BCUT2D eigenvalue weighted by atomic mass is 16.3. The summed E-state index contributed by atoms with van der Waals surface area (Å²) in [6.07, 6.45) is 0. The summed E-state index contributed by atoms with van der Waals surface area (Å²) < 4.78 is 5.71. The standard InChI is InChI=1S/C14H26N2O/c1-10(2)11(3)16(6)9-13-7-14(8-15-5)17-12(13)4/h7,10-11,15H,8-9H2,1-6H3. The average Bonchev–Trinajstić information content (AvgIpc) is 2.58. The molecule has 1 aromatic rings. The van der Waals surface area contributed by atoms with E-state index in [2.05, 4.69) is 44.1 Å². The van der Waals surface area contributed by atoms with Crippen molar-refractivity contribution in [3.63, 3.8) is 0 Å². The minimum absolute atomic E-state index is 0.581. The Morgan fingerprint density at radius 2 is 2.00 bits per heavy atom. The summed E-state index contributed by atoms with van der Waals surface area (Å²) in [6, 6.07) is 2.74. The molecule has 0 saturated carbocycles. The SMILES string of the molecule is CNCc1cc(CN(C)C(C)C(C)C)c(C)o1. The lowest BCUT2D eigenvalue weighted by Crippen LogP contribution is -2.32. The van der Waals surface area contributed by atoms with Crippen molar-refractivity contribution in [3.05, 3.63) is 23.2 Å². The smallest absolute Gasteiger partial charge is 0.118 e. The second-order valence-corrected chi connectivity index (χ2v) is 5.22. The Balaban J connectivity index is 2.67. The Morgan fingerprint density at radius 1 is 1.35 bits per heavy atom. The van der Waals surface area contributed by atoms with E-state index in [4.69, 9.17) is 4.42 Å². The molecular formula is C14H26N2O. The molecule has 0 amide bonds. The zero-order valence-electron chi connectivity index (χ0n) is 12.0. The van der Waals surface area contributed by atoms with Crippen LogP contribution in [0.15, 0.2) is 10.5 Å². The van der Waals surface area contributed by atoms with Gasteiger partial charge in [0.15, 0.2) is 0 Å². The van der Waals surface area contributed by atoms with Crippen LogP contribution in [0.4, 0.5) is 0 Å². The van der Waals surface area contributed by atoms with Gasteiger partial charge in [0.25, 0.3) is 0 Å². The number of aryl methyl sites for hydroxylation is 1. The van der Waals surface area contributed by atoms with Gasteiger partial charge in [-0.15, -0.1) is 0 Å². The molecule has 0 aliphatic heterocycles. The van der Waals surface area contributed by atoms with Crippen LogP contribution in [0.5, 0.6) is 0 Å². The first-order valence-corrected chi connectivity index (χ1v) is 6.38. The second kappa shape index (κ2) is 6.22. The number of nitrogens with zero attached hydrogens (tertiary/aromatic N) is 1. The van der Waals surface area contributed by atoms with Crippen molar-refractivity contribution in [1.29, 1.82) is 0 Å². The van der Waals surface area contributed by atoms with Crippen LogP contribution in [0, 0.1) is 12.8 Å².